The molecule has 2 amide bonds. The van der Waals surface area contributed by atoms with Crippen molar-refractivity contribution in [1.82, 2.24) is 5.32 Å². The van der Waals surface area contributed by atoms with Gasteiger partial charge in [-0.15, -0.1) is 0 Å². The summed E-state index contributed by atoms with van der Waals surface area (Å²) < 4.78 is 54.4. The highest BCUT2D eigenvalue weighted by Gasteiger charge is 2.59. The summed E-state index contributed by atoms with van der Waals surface area (Å²) in [6, 6.07) is 2.07. The second-order valence-corrected chi connectivity index (χ2v) is 5.60. The predicted molar refractivity (Wildman–Crippen MR) is 70.4 cm³/mol. The topological polar surface area (TPSA) is 41.1 Å². The van der Waals surface area contributed by atoms with Crippen LogP contribution in [-0.2, 0) is 5.54 Å². The average Bonchev–Trinajstić information content (AvgIpc) is 2.35. The molecule has 116 valence electrons. The lowest BCUT2D eigenvalue weighted by Gasteiger charge is -2.41. The van der Waals surface area contributed by atoms with Gasteiger partial charge in [-0.05, 0) is 37.0 Å². The number of nitrogens with one attached hydrogen (secondary N) is 2. The molecular weight excluding hydrogens is 288 g/mol. The molecule has 1 heterocycles. The fourth-order valence-electron chi connectivity index (χ4n) is 2.46. The van der Waals surface area contributed by atoms with Crippen molar-refractivity contribution in [2.24, 2.45) is 5.92 Å². The number of urea groups is 1. The summed E-state index contributed by atoms with van der Waals surface area (Å²) in [6.07, 6.45) is -4.81. The van der Waals surface area contributed by atoms with Crippen molar-refractivity contribution in [1.29, 1.82) is 0 Å². The monoisotopic (exact) mass is 304 g/mol. The third-order valence-electron chi connectivity index (χ3n) is 3.60. The van der Waals surface area contributed by atoms with Crippen LogP contribution in [-0.4, -0.2) is 12.2 Å². The number of halogens is 4. The molecule has 1 aromatic carbocycles. The van der Waals surface area contributed by atoms with Crippen LogP contribution in [0.25, 0.3) is 0 Å². The van der Waals surface area contributed by atoms with E-state index >= 15 is 0 Å². The molecular formula is C14H16F4N2O. The lowest BCUT2D eigenvalue weighted by molar-refractivity contribution is -0.200. The lowest BCUT2D eigenvalue weighted by atomic mass is 9.80. The van der Waals surface area contributed by atoms with Crippen LogP contribution in [0.2, 0.25) is 0 Å². The molecule has 0 aromatic heterocycles. The van der Waals surface area contributed by atoms with E-state index in [0.29, 0.717) is 0 Å². The van der Waals surface area contributed by atoms with Gasteiger partial charge in [-0.25, -0.2) is 9.18 Å². The Balaban J connectivity index is 2.59. The van der Waals surface area contributed by atoms with Crippen molar-refractivity contribution >= 4 is 11.7 Å². The summed E-state index contributed by atoms with van der Waals surface area (Å²) in [5, 5.41) is 4.25. The average molecular weight is 304 g/mol. The zero-order chi connectivity index (χ0) is 15.8. The second kappa shape index (κ2) is 5.20. The molecule has 0 bridgehead atoms. The molecule has 0 aliphatic carbocycles. The van der Waals surface area contributed by atoms with Gasteiger partial charge in [-0.1, -0.05) is 13.8 Å². The Hall–Kier alpha value is -1.79. The first-order chi connectivity index (χ1) is 9.65. The minimum Gasteiger partial charge on any atom is -0.320 e. The Morgan fingerprint density at radius 2 is 1.95 bits per heavy atom. The zero-order valence-corrected chi connectivity index (χ0v) is 11.6. The molecule has 21 heavy (non-hydrogen) atoms. The van der Waals surface area contributed by atoms with Crippen LogP contribution in [0.1, 0.15) is 32.3 Å². The predicted octanol–water partition coefficient (Wildman–Crippen LogP) is 4.15. The van der Waals surface area contributed by atoms with Crippen molar-refractivity contribution in [2.75, 3.05) is 5.32 Å². The Labute approximate surface area is 119 Å². The van der Waals surface area contributed by atoms with Crippen molar-refractivity contribution < 1.29 is 22.4 Å². The molecule has 2 rings (SSSR count). The Bertz CT molecular complexity index is 556. The third-order valence-corrected chi connectivity index (χ3v) is 3.60. The van der Waals surface area contributed by atoms with E-state index in [1.165, 1.54) is 0 Å². The van der Waals surface area contributed by atoms with E-state index < -0.39 is 23.6 Å². The lowest BCUT2D eigenvalue weighted by Crippen LogP contribution is -2.60. The van der Waals surface area contributed by atoms with Crippen LogP contribution in [0, 0.1) is 11.7 Å². The Kier molecular flexibility index (Phi) is 3.86. The van der Waals surface area contributed by atoms with Crippen LogP contribution in [0.4, 0.5) is 28.0 Å². The van der Waals surface area contributed by atoms with Crippen molar-refractivity contribution in [3.8, 4) is 0 Å². The van der Waals surface area contributed by atoms with Gasteiger partial charge in [-0.2, -0.15) is 13.2 Å². The van der Waals surface area contributed by atoms with Crippen LogP contribution in [0.3, 0.4) is 0 Å². The Morgan fingerprint density at radius 3 is 2.52 bits per heavy atom. The summed E-state index contributed by atoms with van der Waals surface area (Å²) in [4.78, 5) is 11.6. The minimum atomic E-state index is -4.72. The van der Waals surface area contributed by atoms with Crippen molar-refractivity contribution in [3.63, 3.8) is 0 Å². The van der Waals surface area contributed by atoms with Gasteiger partial charge in [0.15, 0.2) is 5.54 Å². The molecule has 0 radical (unpaired) electrons. The summed E-state index contributed by atoms with van der Waals surface area (Å²) in [5.41, 5.74) is -2.85. The molecule has 0 spiro atoms. The number of carbonyl (C=O) groups excluding carboxylic acids is 1. The maximum atomic E-state index is 13.7. The van der Waals surface area contributed by atoms with Crippen LogP contribution >= 0.6 is 0 Å². The fraction of sp³-hybridized carbons (Fsp3) is 0.500. The van der Waals surface area contributed by atoms with E-state index in [1.54, 1.807) is 13.8 Å². The van der Waals surface area contributed by atoms with E-state index in [-0.39, 0.29) is 30.0 Å². The summed E-state index contributed by atoms with van der Waals surface area (Å²) in [5.74, 6) is -0.752. The summed E-state index contributed by atoms with van der Waals surface area (Å²) >= 11 is 0. The van der Waals surface area contributed by atoms with Crippen molar-refractivity contribution in [2.45, 2.75) is 38.4 Å². The maximum Gasteiger partial charge on any atom is 0.415 e. The second-order valence-electron chi connectivity index (χ2n) is 5.60. The molecule has 1 atom stereocenters. The van der Waals surface area contributed by atoms with Crippen molar-refractivity contribution in [3.05, 3.63) is 29.6 Å². The molecule has 0 fully saturated rings. The highest BCUT2D eigenvalue weighted by Crippen LogP contribution is 2.47. The number of amides is 2. The van der Waals surface area contributed by atoms with Crippen LogP contribution in [0.5, 0.6) is 0 Å². The summed E-state index contributed by atoms with van der Waals surface area (Å²) in [6.45, 7) is 3.58. The molecule has 3 nitrogen and oxygen atoms in total. The van der Waals surface area contributed by atoms with Crippen LogP contribution in [0.15, 0.2) is 18.2 Å². The van der Waals surface area contributed by atoms with Gasteiger partial charge in [0.25, 0.3) is 0 Å². The standard InChI is InChI=1S/C14H16F4N2O/c1-8(2)5-6-13(14(16,17)18)10-7-9(15)3-4-11(10)19-12(21)20-13/h3-4,7-8H,5-6H2,1-2H3,(H2,19,20,21). The highest BCUT2D eigenvalue weighted by atomic mass is 19.4. The number of anilines is 1. The highest BCUT2D eigenvalue weighted by molar-refractivity contribution is 5.94. The van der Waals surface area contributed by atoms with E-state index in [1.807, 2.05) is 5.32 Å². The van der Waals surface area contributed by atoms with E-state index in [4.69, 9.17) is 0 Å². The molecule has 1 aliphatic rings. The number of benzene rings is 1. The number of rotatable bonds is 3. The number of carbonyl (C=O) groups is 1. The first-order valence-electron chi connectivity index (χ1n) is 6.61. The Morgan fingerprint density at radius 1 is 1.29 bits per heavy atom. The maximum absolute atomic E-state index is 13.7. The van der Waals surface area contributed by atoms with Gasteiger partial charge in [0, 0.05) is 11.3 Å². The molecule has 2 N–H and O–H groups in total. The van der Waals surface area contributed by atoms with E-state index in [9.17, 15) is 22.4 Å². The largest absolute Gasteiger partial charge is 0.415 e. The molecule has 1 unspecified atom stereocenters. The molecule has 0 saturated heterocycles. The van der Waals surface area contributed by atoms with Gasteiger partial charge in [-0.3, -0.25) is 0 Å². The molecule has 1 aliphatic heterocycles. The quantitative estimate of drug-likeness (QED) is 0.809. The van der Waals surface area contributed by atoms with Gasteiger partial charge in [0.1, 0.15) is 5.82 Å². The number of hydrogen-bond donors (Lipinski definition) is 2. The van der Waals surface area contributed by atoms with Gasteiger partial charge < -0.3 is 10.6 Å². The van der Waals surface area contributed by atoms with Gasteiger partial charge >= 0.3 is 12.2 Å². The smallest absolute Gasteiger partial charge is 0.320 e. The number of alkyl halides is 3. The molecule has 1 aromatic rings. The zero-order valence-electron chi connectivity index (χ0n) is 11.6. The number of hydrogen-bond acceptors (Lipinski definition) is 1. The van der Waals surface area contributed by atoms with Gasteiger partial charge in [0.2, 0.25) is 0 Å². The number of fused-ring (bicyclic) bond motifs is 1. The molecule has 0 saturated carbocycles. The first-order valence-corrected chi connectivity index (χ1v) is 6.61. The fourth-order valence-corrected chi connectivity index (χ4v) is 2.46. The normalized spacial score (nSPS) is 21.8. The third kappa shape index (κ3) is 2.82. The van der Waals surface area contributed by atoms with E-state index in [0.717, 1.165) is 18.2 Å². The van der Waals surface area contributed by atoms with E-state index in [2.05, 4.69) is 5.32 Å². The van der Waals surface area contributed by atoms with Crippen LogP contribution < -0.4 is 10.6 Å². The first kappa shape index (κ1) is 15.6. The molecule has 7 heteroatoms. The SMILES string of the molecule is CC(C)CCC1(C(F)(F)F)NC(=O)Nc2ccc(F)cc21. The minimum absolute atomic E-state index is 0.0127. The summed E-state index contributed by atoms with van der Waals surface area (Å²) in [7, 11) is 0. The van der Waals surface area contributed by atoms with Gasteiger partial charge in [0.05, 0.1) is 0 Å².